The molecule has 134 valence electrons. The van der Waals surface area contributed by atoms with Crippen LogP contribution in [0, 0.1) is 0 Å². The molecule has 0 radical (unpaired) electrons. The molecule has 0 aliphatic carbocycles. The van der Waals surface area contributed by atoms with Gasteiger partial charge in [-0.1, -0.05) is 24.3 Å². The van der Waals surface area contributed by atoms with Gasteiger partial charge in [0.1, 0.15) is 10.8 Å². The third-order valence-corrected chi connectivity index (χ3v) is 5.39. The van der Waals surface area contributed by atoms with Gasteiger partial charge in [-0.05, 0) is 37.1 Å². The minimum atomic E-state index is -0.139. The van der Waals surface area contributed by atoms with Crippen LogP contribution >= 0.6 is 11.3 Å². The Hall–Kier alpha value is -2.44. The van der Waals surface area contributed by atoms with Crippen molar-refractivity contribution in [3.63, 3.8) is 0 Å². The van der Waals surface area contributed by atoms with Gasteiger partial charge in [0.05, 0.1) is 21.9 Å². The van der Waals surface area contributed by atoms with Crippen LogP contribution in [0.15, 0.2) is 48.5 Å². The maximum atomic E-state index is 12.1. The van der Waals surface area contributed by atoms with Gasteiger partial charge >= 0.3 is 0 Å². The summed E-state index contributed by atoms with van der Waals surface area (Å²) >= 11 is 1.62. The number of carbonyl (C=O) groups is 1. The molecule has 3 aromatic rings. The summed E-state index contributed by atoms with van der Waals surface area (Å²) in [6, 6.07) is 15.7. The molecule has 0 spiro atoms. The number of hydrogen-bond acceptors (Lipinski definition) is 5. The van der Waals surface area contributed by atoms with E-state index in [1.165, 1.54) is 0 Å². The van der Waals surface area contributed by atoms with Crippen LogP contribution < -0.4 is 10.1 Å². The summed E-state index contributed by atoms with van der Waals surface area (Å²) in [7, 11) is 0. The molecular weight excluding hydrogens is 348 g/mol. The van der Waals surface area contributed by atoms with E-state index < -0.39 is 0 Å². The molecule has 5 nitrogen and oxygen atoms in total. The van der Waals surface area contributed by atoms with Crippen molar-refractivity contribution in [3.8, 4) is 16.3 Å². The van der Waals surface area contributed by atoms with E-state index in [0.29, 0.717) is 12.3 Å². The fraction of sp³-hybridized carbons (Fsp3) is 0.300. The molecule has 4 rings (SSSR count). The summed E-state index contributed by atoms with van der Waals surface area (Å²) in [4.78, 5) is 16.7. The lowest BCUT2D eigenvalue weighted by Gasteiger charge is -2.12. The number of rotatable bonds is 6. The number of nitrogens with zero attached hydrogens (tertiary/aromatic N) is 1. The largest absolute Gasteiger partial charge is 0.483 e. The van der Waals surface area contributed by atoms with Gasteiger partial charge in [-0.3, -0.25) is 4.79 Å². The summed E-state index contributed by atoms with van der Waals surface area (Å²) in [5, 5.41) is 3.76. The number of thiazole rings is 1. The Balaban J connectivity index is 1.43. The molecule has 1 saturated heterocycles. The Morgan fingerprint density at radius 1 is 1.23 bits per heavy atom. The summed E-state index contributed by atoms with van der Waals surface area (Å²) in [6.07, 6.45) is 2.20. The maximum absolute atomic E-state index is 12.1. The van der Waals surface area contributed by atoms with E-state index in [0.717, 1.165) is 40.2 Å². The van der Waals surface area contributed by atoms with Crippen molar-refractivity contribution in [1.82, 2.24) is 10.3 Å². The van der Waals surface area contributed by atoms with Gasteiger partial charge in [0.2, 0.25) is 0 Å². The SMILES string of the molecule is O=C(COc1ccccc1-c1nc2ccccc2s1)NC[C@H]1CCCO1. The Bertz CT molecular complexity index is 870. The van der Waals surface area contributed by atoms with E-state index in [1.807, 2.05) is 42.5 Å². The quantitative estimate of drug-likeness (QED) is 0.722. The predicted octanol–water partition coefficient (Wildman–Crippen LogP) is 3.64. The number of amides is 1. The van der Waals surface area contributed by atoms with Crippen LogP contribution in [0.1, 0.15) is 12.8 Å². The molecule has 26 heavy (non-hydrogen) atoms. The molecule has 0 unspecified atom stereocenters. The van der Waals surface area contributed by atoms with E-state index >= 15 is 0 Å². The highest BCUT2D eigenvalue weighted by Gasteiger charge is 2.17. The Labute approximate surface area is 156 Å². The van der Waals surface area contributed by atoms with Crippen molar-refractivity contribution in [1.29, 1.82) is 0 Å². The number of fused-ring (bicyclic) bond motifs is 1. The number of para-hydroxylation sites is 2. The van der Waals surface area contributed by atoms with Crippen molar-refractivity contribution < 1.29 is 14.3 Å². The fourth-order valence-corrected chi connectivity index (χ4v) is 3.98. The molecule has 0 saturated carbocycles. The molecule has 1 aliphatic rings. The molecule has 2 heterocycles. The first-order valence-corrected chi connectivity index (χ1v) is 9.57. The van der Waals surface area contributed by atoms with Gasteiger partial charge in [0, 0.05) is 13.2 Å². The molecule has 1 aromatic heterocycles. The summed E-state index contributed by atoms with van der Waals surface area (Å²) in [6.45, 7) is 1.31. The third kappa shape index (κ3) is 3.86. The van der Waals surface area contributed by atoms with Crippen molar-refractivity contribution in [2.24, 2.45) is 0 Å². The zero-order valence-corrected chi connectivity index (χ0v) is 15.1. The van der Waals surface area contributed by atoms with Gasteiger partial charge in [-0.25, -0.2) is 4.98 Å². The number of nitrogens with one attached hydrogen (secondary N) is 1. The molecule has 1 aliphatic heterocycles. The van der Waals surface area contributed by atoms with Crippen LogP contribution in [-0.2, 0) is 9.53 Å². The normalized spacial score (nSPS) is 16.7. The monoisotopic (exact) mass is 368 g/mol. The van der Waals surface area contributed by atoms with Crippen LogP contribution in [0.2, 0.25) is 0 Å². The van der Waals surface area contributed by atoms with Crippen LogP contribution in [0.4, 0.5) is 0 Å². The van der Waals surface area contributed by atoms with E-state index in [1.54, 1.807) is 11.3 Å². The highest BCUT2D eigenvalue weighted by atomic mass is 32.1. The van der Waals surface area contributed by atoms with Crippen LogP contribution in [0.3, 0.4) is 0 Å². The third-order valence-electron chi connectivity index (χ3n) is 4.32. The van der Waals surface area contributed by atoms with Gasteiger partial charge in [0.15, 0.2) is 6.61 Å². The minimum absolute atomic E-state index is 0.0192. The summed E-state index contributed by atoms with van der Waals surface area (Å²) in [5.74, 6) is 0.526. The topological polar surface area (TPSA) is 60.5 Å². The number of ether oxygens (including phenoxy) is 2. The smallest absolute Gasteiger partial charge is 0.258 e. The molecular formula is C20H20N2O3S. The number of benzene rings is 2. The van der Waals surface area contributed by atoms with Crippen molar-refractivity contribution in [2.75, 3.05) is 19.8 Å². The maximum Gasteiger partial charge on any atom is 0.258 e. The fourth-order valence-electron chi connectivity index (χ4n) is 2.98. The lowest BCUT2D eigenvalue weighted by atomic mass is 10.2. The van der Waals surface area contributed by atoms with Crippen molar-refractivity contribution in [3.05, 3.63) is 48.5 Å². The average Bonchev–Trinajstić information content (AvgIpc) is 3.34. The zero-order valence-electron chi connectivity index (χ0n) is 14.3. The average molecular weight is 368 g/mol. The molecule has 1 amide bonds. The van der Waals surface area contributed by atoms with E-state index in [-0.39, 0.29) is 18.6 Å². The molecule has 1 N–H and O–H groups in total. The first kappa shape index (κ1) is 17.0. The number of aromatic nitrogens is 1. The zero-order chi connectivity index (χ0) is 17.8. The van der Waals surface area contributed by atoms with Gasteiger partial charge in [-0.15, -0.1) is 11.3 Å². The van der Waals surface area contributed by atoms with E-state index in [2.05, 4.69) is 16.4 Å². The lowest BCUT2D eigenvalue weighted by Crippen LogP contribution is -2.35. The van der Waals surface area contributed by atoms with Crippen LogP contribution in [0.25, 0.3) is 20.8 Å². The second-order valence-electron chi connectivity index (χ2n) is 6.21. The minimum Gasteiger partial charge on any atom is -0.483 e. The van der Waals surface area contributed by atoms with E-state index in [4.69, 9.17) is 9.47 Å². The Morgan fingerprint density at radius 3 is 2.92 bits per heavy atom. The first-order valence-electron chi connectivity index (χ1n) is 8.76. The van der Waals surface area contributed by atoms with Gasteiger partial charge in [0.25, 0.3) is 5.91 Å². The molecule has 6 heteroatoms. The molecule has 1 fully saturated rings. The van der Waals surface area contributed by atoms with Crippen LogP contribution in [-0.4, -0.2) is 36.8 Å². The summed E-state index contributed by atoms with van der Waals surface area (Å²) < 4.78 is 12.4. The first-order chi connectivity index (χ1) is 12.8. The standard InChI is InChI=1S/C20H20N2O3S/c23-19(21-12-14-6-5-11-24-14)13-25-17-9-3-1-7-15(17)20-22-16-8-2-4-10-18(16)26-20/h1-4,7-10,14H,5-6,11-13H2,(H,21,23)/t14-/m1/s1. The molecule has 1 atom stereocenters. The number of carbonyl (C=O) groups excluding carboxylic acids is 1. The lowest BCUT2D eigenvalue weighted by molar-refractivity contribution is -0.123. The Kier molecular flexibility index (Phi) is 5.13. The van der Waals surface area contributed by atoms with Crippen molar-refractivity contribution in [2.45, 2.75) is 18.9 Å². The van der Waals surface area contributed by atoms with Crippen LogP contribution in [0.5, 0.6) is 5.75 Å². The second-order valence-corrected chi connectivity index (χ2v) is 7.24. The van der Waals surface area contributed by atoms with Gasteiger partial charge < -0.3 is 14.8 Å². The predicted molar refractivity (Wildman–Crippen MR) is 103 cm³/mol. The Morgan fingerprint density at radius 2 is 2.08 bits per heavy atom. The van der Waals surface area contributed by atoms with E-state index in [9.17, 15) is 4.79 Å². The second kappa shape index (κ2) is 7.85. The summed E-state index contributed by atoms with van der Waals surface area (Å²) in [5.41, 5.74) is 1.87. The highest BCUT2D eigenvalue weighted by Crippen LogP contribution is 2.35. The highest BCUT2D eigenvalue weighted by molar-refractivity contribution is 7.21. The van der Waals surface area contributed by atoms with Crippen molar-refractivity contribution >= 4 is 27.5 Å². The molecule has 0 bridgehead atoms. The molecule has 2 aromatic carbocycles. The number of hydrogen-bond donors (Lipinski definition) is 1. The van der Waals surface area contributed by atoms with Gasteiger partial charge in [-0.2, -0.15) is 0 Å².